The second kappa shape index (κ2) is 7.64. The Hall–Kier alpha value is -2.43. The van der Waals surface area contributed by atoms with E-state index in [0.29, 0.717) is 21.0 Å². The molecule has 0 N–H and O–H groups in total. The van der Waals surface area contributed by atoms with Crippen LogP contribution in [-0.2, 0) is 4.74 Å². The lowest BCUT2D eigenvalue weighted by Gasteiger charge is -2.08. The van der Waals surface area contributed by atoms with Gasteiger partial charge >= 0.3 is 5.97 Å². The van der Waals surface area contributed by atoms with Crippen LogP contribution in [0.4, 0.5) is 0 Å². The first-order valence-corrected chi connectivity index (χ1v) is 8.95. The molecule has 3 aromatic rings. The normalized spacial score (nSPS) is 10.5. The van der Waals surface area contributed by atoms with Crippen molar-refractivity contribution >= 4 is 35.2 Å². The number of thiophene rings is 1. The summed E-state index contributed by atoms with van der Waals surface area (Å²) >= 11 is 7.26. The summed E-state index contributed by atoms with van der Waals surface area (Å²) < 4.78 is 5.26. The molecule has 0 radical (unpaired) electrons. The monoisotopic (exact) mass is 370 g/mol. The van der Waals surface area contributed by atoms with Crippen molar-refractivity contribution in [2.45, 2.75) is 6.92 Å². The van der Waals surface area contributed by atoms with Crippen LogP contribution in [0.2, 0.25) is 5.02 Å². The molecule has 1 heterocycles. The van der Waals surface area contributed by atoms with Crippen molar-refractivity contribution in [3.05, 3.63) is 70.1 Å². The van der Waals surface area contributed by atoms with E-state index in [0.717, 1.165) is 22.3 Å². The van der Waals surface area contributed by atoms with Gasteiger partial charge in [0.05, 0.1) is 21.9 Å². The van der Waals surface area contributed by atoms with Gasteiger partial charge in [0.25, 0.3) is 0 Å². The summed E-state index contributed by atoms with van der Waals surface area (Å²) in [4.78, 5) is 25.6. The molecule has 0 unspecified atom stereocenters. The second-order valence-corrected chi connectivity index (χ2v) is 6.75. The standard InChI is InChI=1S/C20H15ClO3S/c1-2-24-20(23)18-17(13-8-10-15(21)11-9-13)16(12-22)25-19(18)14-6-4-3-5-7-14/h3-12H,2H2,1H3. The number of halogens is 1. The van der Waals surface area contributed by atoms with E-state index in [4.69, 9.17) is 16.3 Å². The number of ether oxygens (including phenoxy) is 1. The van der Waals surface area contributed by atoms with E-state index in [1.165, 1.54) is 11.3 Å². The van der Waals surface area contributed by atoms with Crippen LogP contribution in [0.5, 0.6) is 0 Å². The van der Waals surface area contributed by atoms with Gasteiger partial charge in [0.15, 0.2) is 6.29 Å². The summed E-state index contributed by atoms with van der Waals surface area (Å²) in [7, 11) is 0. The van der Waals surface area contributed by atoms with Gasteiger partial charge in [0, 0.05) is 10.6 Å². The third-order valence-electron chi connectivity index (χ3n) is 3.69. The molecule has 0 aliphatic heterocycles. The molecule has 0 amide bonds. The molecule has 2 aromatic carbocycles. The molecule has 0 aliphatic rings. The maximum absolute atomic E-state index is 12.7. The first kappa shape index (κ1) is 17.4. The number of benzene rings is 2. The molecular weight excluding hydrogens is 356 g/mol. The van der Waals surface area contributed by atoms with Gasteiger partial charge in [-0.2, -0.15) is 0 Å². The lowest BCUT2D eigenvalue weighted by molar-refractivity contribution is 0.0528. The topological polar surface area (TPSA) is 43.4 Å². The van der Waals surface area contributed by atoms with E-state index in [1.54, 1.807) is 31.2 Å². The number of rotatable bonds is 5. The molecule has 0 aliphatic carbocycles. The van der Waals surface area contributed by atoms with Crippen LogP contribution >= 0.6 is 22.9 Å². The Morgan fingerprint density at radius 2 is 1.76 bits per heavy atom. The maximum Gasteiger partial charge on any atom is 0.340 e. The SMILES string of the molecule is CCOC(=O)c1c(-c2ccccc2)sc(C=O)c1-c1ccc(Cl)cc1. The molecular formula is C20H15ClO3S. The quantitative estimate of drug-likeness (QED) is 0.426. The van der Waals surface area contributed by atoms with Gasteiger partial charge in [-0.15, -0.1) is 11.3 Å². The fraction of sp³-hybridized carbons (Fsp3) is 0.100. The molecule has 0 atom stereocenters. The number of carbonyl (C=O) groups excluding carboxylic acids is 2. The minimum atomic E-state index is -0.435. The summed E-state index contributed by atoms with van der Waals surface area (Å²) in [6.07, 6.45) is 0.782. The average molecular weight is 371 g/mol. The highest BCUT2D eigenvalue weighted by molar-refractivity contribution is 7.18. The van der Waals surface area contributed by atoms with E-state index in [-0.39, 0.29) is 6.61 Å². The van der Waals surface area contributed by atoms with Gasteiger partial charge in [-0.1, -0.05) is 54.1 Å². The zero-order valence-electron chi connectivity index (χ0n) is 13.5. The fourth-order valence-electron chi connectivity index (χ4n) is 2.63. The van der Waals surface area contributed by atoms with Crippen LogP contribution in [0.15, 0.2) is 54.6 Å². The Labute approximate surface area is 154 Å². The largest absolute Gasteiger partial charge is 0.462 e. The highest BCUT2D eigenvalue weighted by Crippen LogP contribution is 2.42. The van der Waals surface area contributed by atoms with Gasteiger partial charge < -0.3 is 4.74 Å². The van der Waals surface area contributed by atoms with Crippen LogP contribution in [-0.4, -0.2) is 18.9 Å². The van der Waals surface area contributed by atoms with E-state index in [9.17, 15) is 9.59 Å². The van der Waals surface area contributed by atoms with Crippen LogP contribution in [0.1, 0.15) is 27.0 Å². The zero-order valence-corrected chi connectivity index (χ0v) is 15.1. The number of hydrogen-bond donors (Lipinski definition) is 0. The van der Waals surface area contributed by atoms with E-state index in [2.05, 4.69) is 0 Å². The van der Waals surface area contributed by atoms with Crippen LogP contribution < -0.4 is 0 Å². The molecule has 3 rings (SSSR count). The van der Waals surface area contributed by atoms with Crippen molar-refractivity contribution in [2.75, 3.05) is 6.61 Å². The minimum Gasteiger partial charge on any atom is -0.462 e. The Bertz CT molecular complexity index is 899. The van der Waals surface area contributed by atoms with Crippen molar-refractivity contribution in [1.82, 2.24) is 0 Å². The van der Waals surface area contributed by atoms with Crippen LogP contribution in [0.3, 0.4) is 0 Å². The molecule has 1 aromatic heterocycles. The molecule has 0 spiro atoms. The predicted molar refractivity (Wildman–Crippen MR) is 102 cm³/mol. The van der Waals surface area contributed by atoms with Gasteiger partial charge in [-0.05, 0) is 30.2 Å². The number of carbonyl (C=O) groups is 2. The number of hydrogen-bond acceptors (Lipinski definition) is 4. The minimum absolute atomic E-state index is 0.263. The fourth-order valence-corrected chi connectivity index (χ4v) is 3.88. The van der Waals surface area contributed by atoms with Crippen LogP contribution in [0.25, 0.3) is 21.6 Å². The third kappa shape index (κ3) is 3.50. The number of esters is 1. The highest BCUT2D eigenvalue weighted by Gasteiger charge is 2.26. The van der Waals surface area contributed by atoms with Gasteiger partial charge in [-0.25, -0.2) is 4.79 Å². The van der Waals surface area contributed by atoms with Gasteiger partial charge in [0.2, 0.25) is 0 Å². The average Bonchev–Trinajstić information content (AvgIpc) is 3.03. The molecule has 0 saturated heterocycles. The first-order chi connectivity index (χ1) is 12.2. The van der Waals surface area contributed by atoms with Gasteiger partial charge in [-0.3, -0.25) is 4.79 Å². The summed E-state index contributed by atoms with van der Waals surface area (Å²) in [5, 5.41) is 0.590. The van der Waals surface area contributed by atoms with Crippen molar-refractivity contribution < 1.29 is 14.3 Å². The molecule has 5 heteroatoms. The Balaban J connectivity index is 2.28. The second-order valence-electron chi connectivity index (χ2n) is 5.26. The predicted octanol–water partition coefficient (Wildman–Crippen LogP) is 5.72. The lowest BCUT2D eigenvalue weighted by atomic mass is 9.98. The van der Waals surface area contributed by atoms with Crippen molar-refractivity contribution in [1.29, 1.82) is 0 Å². The lowest BCUT2D eigenvalue weighted by Crippen LogP contribution is -2.06. The highest BCUT2D eigenvalue weighted by atomic mass is 35.5. The van der Waals surface area contributed by atoms with Crippen molar-refractivity contribution in [3.63, 3.8) is 0 Å². The molecule has 0 fully saturated rings. The molecule has 25 heavy (non-hydrogen) atoms. The summed E-state index contributed by atoms with van der Waals surface area (Å²) in [5.74, 6) is -0.435. The van der Waals surface area contributed by atoms with E-state index in [1.807, 2.05) is 30.3 Å². The molecule has 3 nitrogen and oxygen atoms in total. The zero-order chi connectivity index (χ0) is 17.8. The molecule has 0 saturated carbocycles. The Morgan fingerprint density at radius 1 is 1.08 bits per heavy atom. The summed E-state index contributed by atoms with van der Waals surface area (Å²) in [6, 6.07) is 16.6. The molecule has 126 valence electrons. The van der Waals surface area contributed by atoms with E-state index < -0.39 is 5.97 Å². The first-order valence-electron chi connectivity index (χ1n) is 7.76. The Kier molecular flexibility index (Phi) is 5.31. The summed E-state index contributed by atoms with van der Waals surface area (Å²) in [5.41, 5.74) is 2.64. The number of aldehydes is 1. The van der Waals surface area contributed by atoms with Gasteiger partial charge in [0.1, 0.15) is 0 Å². The third-order valence-corrected chi connectivity index (χ3v) is 5.11. The molecule has 0 bridgehead atoms. The Morgan fingerprint density at radius 3 is 2.36 bits per heavy atom. The van der Waals surface area contributed by atoms with Crippen molar-refractivity contribution in [2.24, 2.45) is 0 Å². The maximum atomic E-state index is 12.7. The van der Waals surface area contributed by atoms with Crippen LogP contribution in [0, 0.1) is 0 Å². The smallest absolute Gasteiger partial charge is 0.340 e. The summed E-state index contributed by atoms with van der Waals surface area (Å²) in [6.45, 7) is 2.02. The van der Waals surface area contributed by atoms with E-state index >= 15 is 0 Å². The van der Waals surface area contributed by atoms with Crippen molar-refractivity contribution in [3.8, 4) is 21.6 Å².